The molecule has 0 heterocycles. The maximum Gasteiger partial charge on any atom is 0.323 e. The Morgan fingerprint density at radius 3 is 2.28 bits per heavy atom. The van der Waals surface area contributed by atoms with Gasteiger partial charge in [0.25, 0.3) is 0 Å². The van der Waals surface area contributed by atoms with Crippen molar-refractivity contribution in [3.05, 3.63) is 0 Å². The van der Waals surface area contributed by atoms with Crippen LogP contribution in [0.5, 0.6) is 0 Å². The van der Waals surface area contributed by atoms with Gasteiger partial charge in [0.05, 0.1) is 6.61 Å². The fourth-order valence-corrected chi connectivity index (χ4v) is 1.76. The molecular formula is C14H29NO3. The van der Waals surface area contributed by atoms with E-state index in [2.05, 4.69) is 34.6 Å². The van der Waals surface area contributed by atoms with Crippen molar-refractivity contribution in [3.8, 4) is 0 Å². The summed E-state index contributed by atoms with van der Waals surface area (Å²) in [5.74, 6) is -0.230. The molecule has 0 rings (SSSR count). The second-order valence-electron chi connectivity index (χ2n) is 6.59. The molecule has 0 spiro atoms. The van der Waals surface area contributed by atoms with Crippen molar-refractivity contribution in [2.45, 2.75) is 47.1 Å². The number of carboxylic acids is 1. The van der Waals surface area contributed by atoms with Gasteiger partial charge < -0.3 is 9.84 Å². The van der Waals surface area contributed by atoms with E-state index in [-0.39, 0.29) is 12.0 Å². The van der Waals surface area contributed by atoms with E-state index in [1.807, 2.05) is 11.9 Å². The predicted molar refractivity (Wildman–Crippen MR) is 73.8 cm³/mol. The lowest BCUT2D eigenvalue weighted by molar-refractivity contribution is -0.145. The standard InChI is InChI=1S/C14H29NO3/c1-11(2)7-8-18-9-12(13(16)17)15(6)10-14(3,4)5/h11-12H,7-10H2,1-6H3,(H,16,17). The first-order valence-corrected chi connectivity index (χ1v) is 6.64. The van der Waals surface area contributed by atoms with Gasteiger partial charge in [0.15, 0.2) is 0 Å². The average Bonchev–Trinajstić information content (AvgIpc) is 2.12. The van der Waals surface area contributed by atoms with Gasteiger partial charge >= 0.3 is 5.97 Å². The number of ether oxygens (including phenoxy) is 1. The molecule has 0 aromatic carbocycles. The molecule has 0 aliphatic rings. The van der Waals surface area contributed by atoms with Gasteiger partial charge in [0, 0.05) is 13.2 Å². The molecule has 1 atom stereocenters. The van der Waals surface area contributed by atoms with Crippen LogP contribution in [0.2, 0.25) is 0 Å². The van der Waals surface area contributed by atoms with Crippen LogP contribution >= 0.6 is 0 Å². The molecule has 0 fully saturated rings. The van der Waals surface area contributed by atoms with Crippen LogP contribution in [0, 0.1) is 11.3 Å². The first-order valence-electron chi connectivity index (χ1n) is 6.64. The average molecular weight is 259 g/mol. The highest BCUT2D eigenvalue weighted by molar-refractivity contribution is 5.73. The van der Waals surface area contributed by atoms with Crippen molar-refractivity contribution in [3.63, 3.8) is 0 Å². The molecule has 0 aromatic rings. The second kappa shape index (κ2) is 7.74. The summed E-state index contributed by atoms with van der Waals surface area (Å²) < 4.78 is 5.48. The van der Waals surface area contributed by atoms with Crippen LogP contribution in [0.3, 0.4) is 0 Å². The molecule has 1 unspecified atom stereocenters. The molecule has 0 amide bonds. The Bertz CT molecular complexity index is 246. The fourth-order valence-electron chi connectivity index (χ4n) is 1.76. The van der Waals surface area contributed by atoms with Gasteiger partial charge in [0.1, 0.15) is 6.04 Å². The van der Waals surface area contributed by atoms with Crippen LogP contribution in [-0.4, -0.2) is 48.8 Å². The Morgan fingerprint density at radius 2 is 1.89 bits per heavy atom. The first-order chi connectivity index (χ1) is 8.13. The van der Waals surface area contributed by atoms with Crippen molar-refractivity contribution in [1.82, 2.24) is 4.90 Å². The summed E-state index contributed by atoms with van der Waals surface area (Å²) in [7, 11) is 1.84. The number of likely N-dealkylation sites (N-methyl/N-ethyl adjacent to an activating group) is 1. The van der Waals surface area contributed by atoms with Crippen LogP contribution < -0.4 is 0 Å². The number of hydrogen-bond acceptors (Lipinski definition) is 3. The molecule has 0 radical (unpaired) electrons. The van der Waals surface area contributed by atoms with Gasteiger partial charge in [-0.25, -0.2) is 0 Å². The Kier molecular flexibility index (Phi) is 7.48. The molecule has 0 bridgehead atoms. The van der Waals surface area contributed by atoms with E-state index in [0.29, 0.717) is 12.5 Å². The number of carbonyl (C=O) groups is 1. The molecular weight excluding hydrogens is 230 g/mol. The van der Waals surface area contributed by atoms with Crippen LogP contribution in [0.15, 0.2) is 0 Å². The SMILES string of the molecule is CC(C)CCOCC(C(=O)O)N(C)CC(C)(C)C. The summed E-state index contributed by atoms with van der Waals surface area (Å²) in [5, 5.41) is 9.23. The monoisotopic (exact) mass is 259 g/mol. The largest absolute Gasteiger partial charge is 0.480 e. The van der Waals surface area contributed by atoms with E-state index in [1.165, 1.54) is 0 Å². The lowest BCUT2D eigenvalue weighted by Crippen LogP contribution is -2.45. The van der Waals surface area contributed by atoms with E-state index in [1.54, 1.807) is 0 Å². The van der Waals surface area contributed by atoms with Gasteiger partial charge in [-0.05, 0) is 24.8 Å². The third kappa shape index (κ3) is 8.48. The Labute approximate surface area is 111 Å². The van der Waals surface area contributed by atoms with E-state index >= 15 is 0 Å². The molecule has 18 heavy (non-hydrogen) atoms. The van der Waals surface area contributed by atoms with Crippen molar-refractivity contribution >= 4 is 5.97 Å². The number of aliphatic carboxylic acids is 1. The van der Waals surface area contributed by atoms with E-state index < -0.39 is 12.0 Å². The quantitative estimate of drug-likeness (QED) is 0.680. The normalized spacial score (nSPS) is 14.2. The zero-order valence-corrected chi connectivity index (χ0v) is 12.7. The summed E-state index contributed by atoms with van der Waals surface area (Å²) in [5.41, 5.74) is 0.0837. The minimum absolute atomic E-state index is 0.0837. The molecule has 108 valence electrons. The minimum Gasteiger partial charge on any atom is -0.480 e. The van der Waals surface area contributed by atoms with Gasteiger partial charge in [-0.1, -0.05) is 34.6 Å². The highest BCUT2D eigenvalue weighted by atomic mass is 16.5. The molecule has 4 nitrogen and oxygen atoms in total. The Balaban J connectivity index is 4.18. The third-order valence-corrected chi connectivity index (χ3v) is 2.66. The van der Waals surface area contributed by atoms with E-state index in [0.717, 1.165) is 13.0 Å². The highest BCUT2D eigenvalue weighted by Gasteiger charge is 2.26. The molecule has 0 aliphatic carbocycles. The van der Waals surface area contributed by atoms with Gasteiger partial charge in [-0.15, -0.1) is 0 Å². The smallest absolute Gasteiger partial charge is 0.323 e. The molecule has 0 saturated heterocycles. The number of nitrogens with zero attached hydrogens (tertiary/aromatic N) is 1. The maximum atomic E-state index is 11.2. The lowest BCUT2D eigenvalue weighted by atomic mass is 9.95. The fraction of sp³-hybridized carbons (Fsp3) is 0.929. The van der Waals surface area contributed by atoms with Crippen molar-refractivity contribution in [2.75, 3.05) is 26.8 Å². The third-order valence-electron chi connectivity index (χ3n) is 2.66. The first kappa shape index (κ1) is 17.4. The van der Waals surface area contributed by atoms with Crippen LogP contribution in [0.4, 0.5) is 0 Å². The zero-order chi connectivity index (χ0) is 14.3. The van der Waals surface area contributed by atoms with Gasteiger partial charge in [0.2, 0.25) is 0 Å². The van der Waals surface area contributed by atoms with E-state index in [4.69, 9.17) is 4.74 Å². The number of rotatable bonds is 8. The number of hydrogen-bond donors (Lipinski definition) is 1. The molecule has 0 saturated carbocycles. The molecule has 0 aromatic heterocycles. The van der Waals surface area contributed by atoms with Crippen LogP contribution in [0.1, 0.15) is 41.0 Å². The molecule has 0 aliphatic heterocycles. The Morgan fingerprint density at radius 1 is 1.33 bits per heavy atom. The topological polar surface area (TPSA) is 49.8 Å². The van der Waals surface area contributed by atoms with Crippen molar-refractivity contribution in [2.24, 2.45) is 11.3 Å². The minimum atomic E-state index is -0.814. The molecule has 1 N–H and O–H groups in total. The summed E-state index contributed by atoms with van der Waals surface area (Å²) >= 11 is 0. The van der Waals surface area contributed by atoms with E-state index in [9.17, 15) is 9.90 Å². The molecule has 4 heteroatoms. The van der Waals surface area contributed by atoms with Crippen LogP contribution in [0.25, 0.3) is 0 Å². The predicted octanol–water partition coefficient (Wildman–Crippen LogP) is 2.48. The van der Waals surface area contributed by atoms with Crippen molar-refractivity contribution < 1.29 is 14.6 Å². The summed E-state index contributed by atoms with van der Waals surface area (Å²) in [4.78, 5) is 13.1. The summed E-state index contributed by atoms with van der Waals surface area (Å²) in [6.45, 7) is 12.2. The lowest BCUT2D eigenvalue weighted by Gasteiger charge is -2.30. The summed E-state index contributed by atoms with van der Waals surface area (Å²) in [6, 6.07) is -0.559. The van der Waals surface area contributed by atoms with Crippen molar-refractivity contribution in [1.29, 1.82) is 0 Å². The van der Waals surface area contributed by atoms with Gasteiger partial charge in [-0.2, -0.15) is 0 Å². The summed E-state index contributed by atoms with van der Waals surface area (Å²) in [6.07, 6.45) is 0.968. The zero-order valence-electron chi connectivity index (χ0n) is 12.7. The van der Waals surface area contributed by atoms with Crippen LogP contribution in [-0.2, 0) is 9.53 Å². The second-order valence-corrected chi connectivity index (χ2v) is 6.59. The number of carboxylic acid groups (broad SMARTS) is 1. The van der Waals surface area contributed by atoms with Gasteiger partial charge in [-0.3, -0.25) is 9.69 Å². The maximum absolute atomic E-state index is 11.2. The highest BCUT2D eigenvalue weighted by Crippen LogP contribution is 2.16. The Hall–Kier alpha value is -0.610.